The van der Waals surface area contributed by atoms with Crippen molar-refractivity contribution in [2.75, 3.05) is 11.5 Å². The van der Waals surface area contributed by atoms with E-state index in [1.54, 1.807) is 0 Å². The number of nitrogen functional groups attached to an aromatic ring is 2. The second kappa shape index (κ2) is 11.9. The van der Waals surface area contributed by atoms with Crippen LogP contribution < -0.4 is 20.9 Å². The second-order valence-electron chi connectivity index (χ2n) is 10.4. The molecule has 0 heterocycles. The first-order valence-electron chi connectivity index (χ1n) is 14.0. The molecule has 4 nitrogen and oxygen atoms in total. The summed E-state index contributed by atoms with van der Waals surface area (Å²) in [6.45, 7) is 2.21. The molecule has 6 aromatic rings. The van der Waals surface area contributed by atoms with Gasteiger partial charge in [0.15, 0.2) is 0 Å². The fraction of sp³-hybridized carbons (Fsp3) is 0.0526. The van der Waals surface area contributed by atoms with Gasteiger partial charge in [-0.2, -0.15) is 0 Å². The Balaban J connectivity index is 1.05. The molecule has 0 saturated carbocycles. The molecule has 0 aliphatic carbocycles. The highest BCUT2D eigenvalue weighted by atomic mass is 16.5. The third kappa shape index (κ3) is 6.29. The minimum atomic E-state index is 0.228. The third-order valence-corrected chi connectivity index (χ3v) is 7.43. The Hall–Kier alpha value is -5.48. The van der Waals surface area contributed by atoms with E-state index in [1.807, 2.05) is 97.1 Å². The zero-order valence-corrected chi connectivity index (χ0v) is 23.4. The predicted molar refractivity (Wildman–Crippen MR) is 173 cm³/mol. The van der Waals surface area contributed by atoms with Crippen LogP contribution in [0.25, 0.3) is 22.3 Å². The van der Waals surface area contributed by atoms with Crippen LogP contribution in [0.5, 0.6) is 23.0 Å². The van der Waals surface area contributed by atoms with Gasteiger partial charge in [-0.3, -0.25) is 0 Å². The van der Waals surface area contributed by atoms with Crippen LogP contribution in [0.4, 0.5) is 11.4 Å². The van der Waals surface area contributed by atoms with E-state index in [0.29, 0.717) is 0 Å². The van der Waals surface area contributed by atoms with Gasteiger partial charge in [0, 0.05) is 17.3 Å². The van der Waals surface area contributed by atoms with Crippen molar-refractivity contribution in [3.63, 3.8) is 0 Å². The lowest BCUT2D eigenvalue weighted by Gasteiger charge is -2.15. The Labute approximate surface area is 246 Å². The van der Waals surface area contributed by atoms with Gasteiger partial charge >= 0.3 is 0 Å². The summed E-state index contributed by atoms with van der Waals surface area (Å²) in [4.78, 5) is 0. The monoisotopic (exact) mass is 548 g/mol. The Morgan fingerprint density at radius 1 is 0.357 bits per heavy atom. The maximum absolute atomic E-state index is 6.10. The van der Waals surface area contributed by atoms with Crippen LogP contribution in [0.3, 0.4) is 0 Å². The fourth-order valence-electron chi connectivity index (χ4n) is 4.90. The molecule has 0 aromatic heterocycles. The van der Waals surface area contributed by atoms with E-state index in [4.69, 9.17) is 20.9 Å². The zero-order chi connectivity index (χ0) is 28.9. The topological polar surface area (TPSA) is 70.5 Å². The maximum atomic E-state index is 6.10. The molecule has 42 heavy (non-hydrogen) atoms. The molecule has 206 valence electrons. The molecule has 4 N–H and O–H groups in total. The summed E-state index contributed by atoms with van der Waals surface area (Å²) in [5.74, 6) is 3.43. The molecule has 6 rings (SSSR count). The van der Waals surface area contributed by atoms with Crippen LogP contribution in [0.2, 0.25) is 0 Å². The van der Waals surface area contributed by atoms with E-state index < -0.39 is 0 Å². The average Bonchev–Trinajstić information content (AvgIpc) is 3.03. The number of benzene rings is 6. The Bertz CT molecular complexity index is 1610. The van der Waals surface area contributed by atoms with Crippen molar-refractivity contribution in [1.29, 1.82) is 0 Å². The van der Waals surface area contributed by atoms with Crippen molar-refractivity contribution in [2.24, 2.45) is 0 Å². The number of hydrogen-bond donors (Lipinski definition) is 2. The third-order valence-electron chi connectivity index (χ3n) is 7.43. The SMILES string of the molecule is CC(c1ccc(Oc2ccc(-c3ccc(N)cc3)cc2)cc1)c1ccc(Oc2ccc(-c3ccc(N)cc3)cc2)cc1. The first-order valence-corrected chi connectivity index (χ1v) is 14.0. The normalized spacial score (nSPS) is 10.9. The van der Waals surface area contributed by atoms with Crippen molar-refractivity contribution in [3.8, 4) is 45.3 Å². The maximum Gasteiger partial charge on any atom is 0.127 e. The Kier molecular flexibility index (Phi) is 7.60. The zero-order valence-electron chi connectivity index (χ0n) is 23.4. The van der Waals surface area contributed by atoms with Gasteiger partial charge in [-0.1, -0.05) is 79.7 Å². The molecule has 0 radical (unpaired) electrons. The van der Waals surface area contributed by atoms with E-state index in [9.17, 15) is 0 Å². The van der Waals surface area contributed by atoms with Gasteiger partial charge in [0.2, 0.25) is 0 Å². The average molecular weight is 549 g/mol. The van der Waals surface area contributed by atoms with E-state index >= 15 is 0 Å². The van der Waals surface area contributed by atoms with Gasteiger partial charge in [-0.05, 0) is 106 Å². The van der Waals surface area contributed by atoms with Crippen molar-refractivity contribution in [2.45, 2.75) is 12.8 Å². The number of rotatable bonds is 8. The van der Waals surface area contributed by atoms with Crippen LogP contribution in [-0.2, 0) is 0 Å². The lowest BCUT2D eigenvalue weighted by molar-refractivity contribution is 0.482. The van der Waals surface area contributed by atoms with Crippen LogP contribution >= 0.6 is 0 Å². The highest BCUT2D eigenvalue weighted by Crippen LogP contribution is 2.31. The van der Waals surface area contributed by atoms with Crippen molar-refractivity contribution < 1.29 is 9.47 Å². The molecule has 0 saturated heterocycles. The Morgan fingerprint density at radius 2 is 0.595 bits per heavy atom. The fourth-order valence-corrected chi connectivity index (χ4v) is 4.90. The molecule has 0 spiro atoms. The van der Waals surface area contributed by atoms with Gasteiger partial charge in [-0.25, -0.2) is 0 Å². The largest absolute Gasteiger partial charge is 0.457 e. The van der Waals surface area contributed by atoms with Crippen molar-refractivity contribution in [3.05, 3.63) is 157 Å². The molecule has 0 aliphatic rings. The molecular weight excluding hydrogens is 516 g/mol. The highest BCUT2D eigenvalue weighted by Gasteiger charge is 2.10. The molecule has 0 unspecified atom stereocenters. The Morgan fingerprint density at radius 3 is 0.881 bits per heavy atom. The van der Waals surface area contributed by atoms with Gasteiger partial charge < -0.3 is 20.9 Å². The minimum absolute atomic E-state index is 0.228. The second-order valence-corrected chi connectivity index (χ2v) is 10.4. The summed E-state index contributed by atoms with van der Waals surface area (Å²) < 4.78 is 12.2. The molecule has 0 bridgehead atoms. The smallest absolute Gasteiger partial charge is 0.127 e. The van der Waals surface area contributed by atoms with Crippen molar-refractivity contribution in [1.82, 2.24) is 0 Å². The lowest BCUT2D eigenvalue weighted by Crippen LogP contribution is -1.96. The minimum Gasteiger partial charge on any atom is -0.457 e. The molecule has 0 amide bonds. The molecular formula is C38H32N2O2. The summed E-state index contributed by atoms with van der Waals surface area (Å²) in [5.41, 5.74) is 20.0. The van der Waals surface area contributed by atoms with Crippen LogP contribution in [0.15, 0.2) is 146 Å². The van der Waals surface area contributed by atoms with Crippen LogP contribution in [0, 0.1) is 0 Å². The highest BCUT2D eigenvalue weighted by molar-refractivity contribution is 5.67. The first kappa shape index (κ1) is 26.7. The van der Waals surface area contributed by atoms with Gasteiger partial charge in [0.1, 0.15) is 23.0 Å². The molecule has 4 heteroatoms. The first-order chi connectivity index (χ1) is 20.5. The summed E-state index contributed by atoms with van der Waals surface area (Å²) in [6.07, 6.45) is 0. The van der Waals surface area contributed by atoms with E-state index in [0.717, 1.165) is 56.6 Å². The molecule has 0 fully saturated rings. The summed E-state index contributed by atoms with van der Waals surface area (Å²) in [7, 11) is 0. The number of ether oxygens (including phenoxy) is 2. The quantitative estimate of drug-likeness (QED) is 0.186. The van der Waals surface area contributed by atoms with E-state index in [-0.39, 0.29) is 5.92 Å². The number of anilines is 2. The molecule has 0 atom stereocenters. The van der Waals surface area contributed by atoms with Gasteiger partial charge in [0.05, 0.1) is 0 Å². The van der Waals surface area contributed by atoms with Crippen LogP contribution in [0.1, 0.15) is 24.0 Å². The summed E-state index contributed by atoms with van der Waals surface area (Å²) in [6, 6.07) is 48.5. The summed E-state index contributed by atoms with van der Waals surface area (Å²) >= 11 is 0. The van der Waals surface area contributed by atoms with E-state index in [2.05, 4.69) is 55.5 Å². The lowest BCUT2D eigenvalue weighted by atomic mass is 9.93. The van der Waals surface area contributed by atoms with E-state index in [1.165, 1.54) is 11.1 Å². The molecule has 0 aliphatic heterocycles. The van der Waals surface area contributed by atoms with Gasteiger partial charge in [0.25, 0.3) is 0 Å². The standard InChI is InChI=1S/C38H32N2O2/c1-26(27-6-18-35(19-7-27)41-37-22-10-31(11-23-37)29-2-14-33(39)15-3-29)28-8-20-36(21-9-28)42-38-24-12-32(13-25-38)30-4-16-34(40)17-5-30/h2-26H,39-40H2,1H3. The number of nitrogens with two attached hydrogens (primary N) is 2. The number of hydrogen-bond acceptors (Lipinski definition) is 4. The predicted octanol–water partition coefficient (Wildman–Crippen LogP) is 9.92. The summed E-state index contributed by atoms with van der Waals surface area (Å²) in [5, 5.41) is 0. The van der Waals surface area contributed by atoms with Crippen LogP contribution in [-0.4, -0.2) is 0 Å². The molecule has 6 aromatic carbocycles. The van der Waals surface area contributed by atoms with Crippen molar-refractivity contribution >= 4 is 11.4 Å². The van der Waals surface area contributed by atoms with Gasteiger partial charge in [-0.15, -0.1) is 0 Å².